The highest BCUT2D eigenvalue weighted by Crippen LogP contribution is 2.29. The summed E-state index contributed by atoms with van der Waals surface area (Å²) in [6.45, 7) is 3.45. The third-order valence-electron chi connectivity index (χ3n) is 3.95. The molecule has 136 valence electrons. The molecule has 0 unspecified atom stereocenters. The summed E-state index contributed by atoms with van der Waals surface area (Å²) in [4.78, 5) is 25.9. The molecule has 2 aromatic rings. The van der Waals surface area contributed by atoms with Crippen LogP contribution in [0.2, 0.25) is 5.15 Å². The molecular weight excluding hydrogens is 361 g/mol. The third-order valence-corrected chi connectivity index (χ3v) is 4.15. The first-order chi connectivity index (χ1) is 12.5. The summed E-state index contributed by atoms with van der Waals surface area (Å²) < 4.78 is 19.3. The van der Waals surface area contributed by atoms with Gasteiger partial charge in [-0.3, -0.25) is 4.79 Å². The normalized spacial score (nSPS) is 20.5. The van der Waals surface area contributed by atoms with Crippen LogP contribution in [0, 0.1) is 0 Å². The zero-order valence-corrected chi connectivity index (χ0v) is 14.6. The maximum atomic E-state index is 13.9. The number of hydrogen-bond donors (Lipinski definition) is 1. The minimum absolute atomic E-state index is 0.0778. The Morgan fingerprint density at radius 1 is 1.35 bits per heavy atom. The lowest BCUT2D eigenvalue weighted by atomic mass is 10.0. The molecule has 26 heavy (non-hydrogen) atoms. The van der Waals surface area contributed by atoms with Gasteiger partial charge in [-0.25, -0.2) is 19.3 Å². The maximum Gasteiger partial charge on any atom is 0.246 e. The van der Waals surface area contributed by atoms with Crippen LogP contribution in [-0.2, 0) is 9.53 Å². The van der Waals surface area contributed by atoms with E-state index in [9.17, 15) is 9.18 Å². The Hall–Kier alpha value is -2.58. The van der Waals surface area contributed by atoms with Crippen LogP contribution in [0.5, 0.6) is 0 Å². The molecular formula is C17H17ClFN5O2. The van der Waals surface area contributed by atoms with E-state index in [0.29, 0.717) is 22.8 Å². The van der Waals surface area contributed by atoms with Crippen LogP contribution >= 0.6 is 11.6 Å². The molecule has 0 aliphatic carbocycles. The fourth-order valence-electron chi connectivity index (χ4n) is 2.78. The lowest BCUT2D eigenvalue weighted by Crippen LogP contribution is -2.38. The summed E-state index contributed by atoms with van der Waals surface area (Å²) in [5.41, 5.74) is 7.30. The van der Waals surface area contributed by atoms with Crippen molar-refractivity contribution in [2.75, 3.05) is 25.5 Å². The number of carbonyl (C=O) groups is 1. The van der Waals surface area contributed by atoms with Crippen LogP contribution in [0.4, 0.5) is 10.2 Å². The summed E-state index contributed by atoms with van der Waals surface area (Å²) in [5, 5.41) is 0.210. The predicted octanol–water partition coefficient (Wildman–Crippen LogP) is 2.20. The van der Waals surface area contributed by atoms with E-state index in [1.807, 2.05) is 0 Å². The first-order valence-electron chi connectivity index (χ1n) is 7.88. The summed E-state index contributed by atoms with van der Waals surface area (Å²) in [6.07, 6.45) is 1.20. The average Bonchev–Trinajstić information content (AvgIpc) is 2.82. The van der Waals surface area contributed by atoms with Crippen LogP contribution in [-0.4, -0.2) is 51.7 Å². The molecule has 2 aromatic heterocycles. The van der Waals surface area contributed by atoms with Crippen LogP contribution in [0.1, 0.15) is 11.6 Å². The predicted molar refractivity (Wildman–Crippen MR) is 95.1 cm³/mol. The van der Waals surface area contributed by atoms with Crippen molar-refractivity contribution in [2.45, 2.75) is 12.2 Å². The minimum atomic E-state index is -1.28. The van der Waals surface area contributed by atoms with Gasteiger partial charge in [0.25, 0.3) is 0 Å². The van der Waals surface area contributed by atoms with E-state index in [-0.39, 0.29) is 30.8 Å². The van der Waals surface area contributed by atoms with Gasteiger partial charge in [-0.15, -0.1) is 0 Å². The number of pyridine rings is 1. The van der Waals surface area contributed by atoms with E-state index in [4.69, 9.17) is 22.1 Å². The quantitative estimate of drug-likeness (QED) is 0.651. The highest BCUT2D eigenvalue weighted by molar-refractivity contribution is 6.29. The number of alkyl halides is 1. The number of nitrogen functional groups attached to an aromatic ring is 1. The van der Waals surface area contributed by atoms with Crippen molar-refractivity contribution in [3.05, 3.63) is 47.9 Å². The standard InChI is InChI=1S/C17H17ClFN5O2/c1-2-17(25)24-6-11(19)7-26-8-14(24)10-3-13(23-15(18)4-10)12-5-16(20)22-9-21-12/h2-5,9,11,14H,1,6-8H2,(H2,20,21,22)/t11-,14+/m1/s1. The van der Waals surface area contributed by atoms with E-state index in [1.165, 1.54) is 11.2 Å². The second-order valence-electron chi connectivity index (χ2n) is 5.78. The Kier molecular flexibility index (Phi) is 5.43. The van der Waals surface area contributed by atoms with Gasteiger partial charge in [0.05, 0.1) is 37.2 Å². The van der Waals surface area contributed by atoms with Gasteiger partial charge in [0, 0.05) is 6.07 Å². The van der Waals surface area contributed by atoms with Gasteiger partial charge in [-0.1, -0.05) is 18.2 Å². The fraction of sp³-hybridized carbons (Fsp3) is 0.294. The number of anilines is 1. The SMILES string of the molecule is C=CC(=O)N1C[C@@H](F)COC[C@H]1c1cc(Cl)nc(-c2cc(N)ncn2)c1. The highest BCUT2D eigenvalue weighted by atomic mass is 35.5. The summed E-state index contributed by atoms with van der Waals surface area (Å²) in [5.74, 6) is -0.0937. The number of carbonyl (C=O) groups excluding carboxylic acids is 1. The fourth-order valence-corrected chi connectivity index (χ4v) is 3.00. The Labute approximate surface area is 154 Å². The first-order valence-corrected chi connectivity index (χ1v) is 8.26. The molecule has 1 saturated heterocycles. The highest BCUT2D eigenvalue weighted by Gasteiger charge is 2.30. The first kappa shape index (κ1) is 18.2. The lowest BCUT2D eigenvalue weighted by molar-refractivity contribution is -0.129. The van der Waals surface area contributed by atoms with Crippen LogP contribution < -0.4 is 5.73 Å². The van der Waals surface area contributed by atoms with Crippen molar-refractivity contribution in [3.8, 4) is 11.4 Å². The molecule has 2 atom stereocenters. The Morgan fingerprint density at radius 3 is 2.88 bits per heavy atom. The number of nitrogens with two attached hydrogens (primary N) is 1. The molecule has 0 saturated carbocycles. The second-order valence-corrected chi connectivity index (χ2v) is 6.17. The molecule has 7 nitrogen and oxygen atoms in total. The van der Waals surface area contributed by atoms with Crippen molar-refractivity contribution in [1.29, 1.82) is 0 Å². The molecule has 0 bridgehead atoms. The molecule has 9 heteroatoms. The average molecular weight is 378 g/mol. The van der Waals surface area contributed by atoms with Gasteiger partial charge in [-0.2, -0.15) is 0 Å². The molecule has 1 fully saturated rings. The topological polar surface area (TPSA) is 94.2 Å². The molecule has 2 N–H and O–H groups in total. The lowest BCUT2D eigenvalue weighted by Gasteiger charge is -2.29. The van der Waals surface area contributed by atoms with Crippen LogP contribution in [0.15, 0.2) is 37.2 Å². The van der Waals surface area contributed by atoms with E-state index in [0.717, 1.165) is 6.08 Å². The van der Waals surface area contributed by atoms with Gasteiger partial charge in [0.1, 0.15) is 23.5 Å². The van der Waals surface area contributed by atoms with Gasteiger partial charge in [0.2, 0.25) is 5.91 Å². The van der Waals surface area contributed by atoms with E-state index in [2.05, 4.69) is 21.5 Å². The summed E-state index contributed by atoms with van der Waals surface area (Å²) in [7, 11) is 0. The molecule has 1 aliphatic heterocycles. The zero-order valence-electron chi connectivity index (χ0n) is 13.8. The number of amides is 1. The van der Waals surface area contributed by atoms with Gasteiger partial charge in [-0.05, 0) is 23.8 Å². The van der Waals surface area contributed by atoms with Gasteiger partial charge in [0.15, 0.2) is 0 Å². The van der Waals surface area contributed by atoms with E-state index >= 15 is 0 Å². The number of hydrogen-bond acceptors (Lipinski definition) is 6. The van der Waals surface area contributed by atoms with Crippen molar-refractivity contribution < 1.29 is 13.9 Å². The number of halogens is 2. The van der Waals surface area contributed by atoms with Gasteiger partial charge < -0.3 is 15.4 Å². The number of nitrogens with zero attached hydrogens (tertiary/aromatic N) is 4. The van der Waals surface area contributed by atoms with Crippen molar-refractivity contribution in [1.82, 2.24) is 19.9 Å². The zero-order chi connectivity index (χ0) is 18.7. The molecule has 0 radical (unpaired) electrons. The monoisotopic (exact) mass is 377 g/mol. The number of aromatic nitrogens is 3. The maximum absolute atomic E-state index is 13.9. The van der Waals surface area contributed by atoms with Crippen LogP contribution in [0.25, 0.3) is 11.4 Å². The molecule has 0 aromatic carbocycles. The molecule has 3 rings (SSSR count). The van der Waals surface area contributed by atoms with Gasteiger partial charge >= 0.3 is 0 Å². The van der Waals surface area contributed by atoms with Crippen LogP contribution in [0.3, 0.4) is 0 Å². The van der Waals surface area contributed by atoms with Crippen molar-refractivity contribution in [3.63, 3.8) is 0 Å². The Morgan fingerprint density at radius 2 is 2.15 bits per heavy atom. The number of rotatable bonds is 3. The van der Waals surface area contributed by atoms with Crippen molar-refractivity contribution >= 4 is 23.3 Å². The molecule has 3 heterocycles. The summed E-state index contributed by atoms with van der Waals surface area (Å²) in [6, 6.07) is 4.38. The largest absolute Gasteiger partial charge is 0.384 e. The third kappa shape index (κ3) is 3.97. The molecule has 1 aliphatic rings. The summed E-state index contributed by atoms with van der Waals surface area (Å²) >= 11 is 6.17. The Bertz CT molecular complexity index is 835. The number of ether oxygens (including phenoxy) is 1. The van der Waals surface area contributed by atoms with Crippen molar-refractivity contribution in [2.24, 2.45) is 0 Å². The van der Waals surface area contributed by atoms with E-state index < -0.39 is 12.2 Å². The smallest absolute Gasteiger partial charge is 0.246 e. The molecule has 0 spiro atoms. The molecule has 1 amide bonds. The Balaban J connectivity index is 2.03. The van der Waals surface area contributed by atoms with E-state index in [1.54, 1.807) is 18.2 Å². The minimum Gasteiger partial charge on any atom is -0.384 e. The second kappa shape index (κ2) is 7.76.